The summed E-state index contributed by atoms with van der Waals surface area (Å²) >= 11 is 0. The van der Waals surface area contributed by atoms with E-state index in [1.54, 1.807) is 11.1 Å². The molecule has 0 saturated heterocycles. The molecule has 1 atom stereocenters. The van der Waals surface area contributed by atoms with E-state index >= 15 is 0 Å². The van der Waals surface area contributed by atoms with E-state index in [0.717, 1.165) is 43.4 Å². The van der Waals surface area contributed by atoms with Crippen LogP contribution in [0.5, 0.6) is 0 Å². The predicted molar refractivity (Wildman–Crippen MR) is 98.0 cm³/mol. The Balaban J connectivity index is 1.40. The van der Waals surface area contributed by atoms with Crippen molar-refractivity contribution in [1.82, 2.24) is 9.99 Å². The molecule has 0 unspecified atom stereocenters. The Hall–Kier alpha value is -2.56. The highest BCUT2D eigenvalue weighted by molar-refractivity contribution is 5.82. The van der Waals surface area contributed by atoms with Crippen molar-refractivity contribution >= 4 is 12.1 Å². The van der Waals surface area contributed by atoms with E-state index in [9.17, 15) is 9.18 Å². The highest BCUT2D eigenvalue weighted by Gasteiger charge is 2.35. The van der Waals surface area contributed by atoms with Crippen LogP contribution in [-0.2, 0) is 4.79 Å². The monoisotopic (exact) mass is 351 g/mol. The fourth-order valence-corrected chi connectivity index (χ4v) is 4.03. The van der Waals surface area contributed by atoms with E-state index < -0.39 is 0 Å². The van der Waals surface area contributed by atoms with Crippen molar-refractivity contribution in [1.29, 1.82) is 0 Å². The molecule has 1 aliphatic carbocycles. The molecule has 2 heterocycles. The van der Waals surface area contributed by atoms with Gasteiger partial charge >= 0.3 is 0 Å². The fraction of sp³-hybridized carbons (Fsp3) is 0.381. The number of hydrogen-bond donors (Lipinski definition) is 0. The summed E-state index contributed by atoms with van der Waals surface area (Å²) in [5, 5.41) is 6.04. The molecule has 26 heavy (non-hydrogen) atoms. The van der Waals surface area contributed by atoms with Crippen LogP contribution in [0.25, 0.3) is 0 Å². The van der Waals surface area contributed by atoms with Crippen molar-refractivity contribution in [3.05, 3.63) is 65.7 Å². The van der Waals surface area contributed by atoms with E-state index in [-0.39, 0.29) is 23.7 Å². The lowest BCUT2D eigenvalue weighted by atomic mass is 9.79. The highest BCUT2D eigenvalue weighted by Crippen LogP contribution is 2.38. The molecule has 1 aromatic heterocycles. The zero-order valence-electron chi connectivity index (χ0n) is 14.6. The first kappa shape index (κ1) is 16.9. The highest BCUT2D eigenvalue weighted by atomic mass is 19.1. The lowest BCUT2D eigenvalue weighted by Crippen LogP contribution is -2.34. The van der Waals surface area contributed by atoms with Crippen molar-refractivity contribution in [3.8, 4) is 0 Å². The molecular formula is C21H22FN3O. The molecule has 1 amide bonds. The molecule has 1 saturated carbocycles. The Bertz CT molecular complexity index is 783. The zero-order chi connectivity index (χ0) is 17.9. The van der Waals surface area contributed by atoms with Gasteiger partial charge in [-0.2, -0.15) is 5.10 Å². The summed E-state index contributed by atoms with van der Waals surface area (Å²) in [5.74, 6) is 0.134. The Morgan fingerprint density at radius 3 is 2.50 bits per heavy atom. The summed E-state index contributed by atoms with van der Waals surface area (Å²) in [6.45, 7) is 0. The van der Waals surface area contributed by atoms with E-state index in [1.165, 1.54) is 12.3 Å². The van der Waals surface area contributed by atoms with E-state index in [4.69, 9.17) is 0 Å². The summed E-state index contributed by atoms with van der Waals surface area (Å²) in [5.41, 5.74) is 2.06. The van der Waals surface area contributed by atoms with Gasteiger partial charge in [-0.1, -0.05) is 30.3 Å². The van der Waals surface area contributed by atoms with Gasteiger partial charge in [-0.3, -0.25) is 9.78 Å². The average Bonchev–Trinajstić information content (AvgIpc) is 3.19. The van der Waals surface area contributed by atoms with Gasteiger partial charge in [0.2, 0.25) is 5.91 Å². The van der Waals surface area contributed by atoms with Gasteiger partial charge in [-0.15, -0.1) is 0 Å². The van der Waals surface area contributed by atoms with Crippen LogP contribution in [0.1, 0.15) is 55.3 Å². The second kappa shape index (κ2) is 7.36. The molecule has 2 aliphatic rings. The maximum absolute atomic E-state index is 13.0. The first-order valence-corrected chi connectivity index (χ1v) is 9.24. The first-order chi connectivity index (χ1) is 12.7. The van der Waals surface area contributed by atoms with Crippen LogP contribution in [0.2, 0.25) is 0 Å². The normalized spacial score (nSPS) is 25.4. The third-order valence-electron chi connectivity index (χ3n) is 5.49. The van der Waals surface area contributed by atoms with Crippen LogP contribution in [0.15, 0.2) is 53.8 Å². The van der Waals surface area contributed by atoms with Gasteiger partial charge in [-0.25, -0.2) is 9.40 Å². The molecule has 1 aromatic carbocycles. The number of rotatable bonds is 3. The summed E-state index contributed by atoms with van der Waals surface area (Å²) in [4.78, 5) is 17.2. The van der Waals surface area contributed by atoms with Crippen molar-refractivity contribution in [2.24, 2.45) is 11.0 Å². The zero-order valence-corrected chi connectivity index (χ0v) is 14.6. The largest absolute Gasteiger partial charge is 0.273 e. The molecule has 4 rings (SSSR count). The number of aromatic nitrogens is 1. The van der Waals surface area contributed by atoms with Crippen LogP contribution in [0.3, 0.4) is 0 Å². The standard InChI is InChI=1S/C21H22FN3O/c22-18-10-11-19(23-14-18)15-6-8-17(9-7-15)21(26)25-20(12-13-24-25)16-4-2-1-3-5-16/h1-5,10-11,13-15,17,20H,6-9,12H2/t15?,17?,20-/m0/s1. The Morgan fingerprint density at radius 1 is 1.04 bits per heavy atom. The second-order valence-corrected chi connectivity index (χ2v) is 7.09. The summed E-state index contributed by atoms with van der Waals surface area (Å²) in [7, 11) is 0. The van der Waals surface area contributed by atoms with Crippen LogP contribution in [0, 0.1) is 11.7 Å². The molecular weight excluding hydrogens is 329 g/mol. The number of halogens is 1. The number of carbonyl (C=O) groups is 1. The van der Waals surface area contributed by atoms with Gasteiger partial charge < -0.3 is 0 Å². The van der Waals surface area contributed by atoms with Crippen molar-refractivity contribution in [3.63, 3.8) is 0 Å². The minimum absolute atomic E-state index is 0.00756. The van der Waals surface area contributed by atoms with Gasteiger partial charge in [0, 0.05) is 30.2 Å². The minimum atomic E-state index is -0.309. The first-order valence-electron chi connectivity index (χ1n) is 9.24. The summed E-state index contributed by atoms with van der Waals surface area (Å²) in [6.07, 6.45) is 7.35. The Kier molecular flexibility index (Phi) is 4.78. The predicted octanol–water partition coefficient (Wildman–Crippen LogP) is 4.45. The maximum atomic E-state index is 13.0. The Morgan fingerprint density at radius 2 is 1.81 bits per heavy atom. The molecule has 1 aliphatic heterocycles. The molecule has 5 heteroatoms. The van der Waals surface area contributed by atoms with E-state index in [2.05, 4.69) is 22.2 Å². The summed E-state index contributed by atoms with van der Waals surface area (Å²) < 4.78 is 13.0. The third kappa shape index (κ3) is 3.39. The summed E-state index contributed by atoms with van der Waals surface area (Å²) in [6, 6.07) is 13.3. The second-order valence-electron chi connectivity index (χ2n) is 7.09. The van der Waals surface area contributed by atoms with Crippen molar-refractivity contribution in [2.45, 2.75) is 44.1 Å². The van der Waals surface area contributed by atoms with Crippen LogP contribution in [-0.4, -0.2) is 22.1 Å². The third-order valence-corrected chi connectivity index (χ3v) is 5.49. The molecule has 2 aromatic rings. The van der Waals surface area contributed by atoms with Gasteiger partial charge in [0.25, 0.3) is 0 Å². The number of nitrogens with zero attached hydrogens (tertiary/aromatic N) is 3. The number of benzene rings is 1. The molecule has 0 N–H and O–H groups in total. The molecule has 4 nitrogen and oxygen atoms in total. The fourth-order valence-electron chi connectivity index (χ4n) is 4.03. The molecule has 134 valence electrons. The van der Waals surface area contributed by atoms with Crippen molar-refractivity contribution < 1.29 is 9.18 Å². The molecule has 0 radical (unpaired) electrons. The number of carbonyl (C=O) groups excluding carboxylic acids is 1. The topological polar surface area (TPSA) is 45.6 Å². The smallest absolute Gasteiger partial charge is 0.246 e. The number of pyridine rings is 1. The van der Waals surface area contributed by atoms with Crippen molar-refractivity contribution in [2.75, 3.05) is 0 Å². The van der Waals surface area contributed by atoms with Gasteiger partial charge in [-0.05, 0) is 43.4 Å². The molecule has 0 bridgehead atoms. The number of hydrogen-bond acceptors (Lipinski definition) is 3. The van der Waals surface area contributed by atoms with Crippen LogP contribution in [0.4, 0.5) is 4.39 Å². The van der Waals surface area contributed by atoms with E-state index in [1.807, 2.05) is 24.4 Å². The van der Waals surface area contributed by atoms with Gasteiger partial charge in [0.05, 0.1) is 12.2 Å². The van der Waals surface area contributed by atoms with Gasteiger partial charge in [0.1, 0.15) is 5.82 Å². The van der Waals surface area contributed by atoms with Crippen LogP contribution < -0.4 is 0 Å². The Labute approximate surface area is 152 Å². The maximum Gasteiger partial charge on any atom is 0.246 e. The number of amides is 1. The SMILES string of the molecule is O=C(C1CCC(c2ccc(F)cn2)CC1)N1N=CC[C@H]1c1ccccc1. The van der Waals surface area contributed by atoms with Gasteiger partial charge in [0.15, 0.2) is 0 Å². The molecule has 1 fully saturated rings. The lowest BCUT2D eigenvalue weighted by Gasteiger charge is -2.31. The van der Waals surface area contributed by atoms with Crippen LogP contribution >= 0.6 is 0 Å². The quantitative estimate of drug-likeness (QED) is 0.820. The average molecular weight is 351 g/mol. The van der Waals surface area contributed by atoms with E-state index in [0.29, 0.717) is 5.92 Å². The number of hydrazone groups is 1. The molecule has 0 spiro atoms. The lowest BCUT2D eigenvalue weighted by molar-refractivity contribution is -0.138. The minimum Gasteiger partial charge on any atom is -0.273 e.